The lowest BCUT2D eigenvalue weighted by Gasteiger charge is -2.59. The molecule has 4 unspecified atom stereocenters. The second kappa shape index (κ2) is 10.1. The highest BCUT2D eigenvalue weighted by atomic mass is 32.3. The predicted octanol–water partition coefficient (Wildman–Crippen LogP) is 4.96. The van der Waals surface area contributed by atoms with Gasteiger partial charge >= 0.3 is 16.4 Å². The van der Waals surface area contributed by atoms with Crippen LogP contribution < -0.4 is 0 Å². The molecule has 1 heterocycles. The highest BCUT2D eigenvalue weighted by Gasteiger charge is 2.63. The minimum Gasteiger partial charge on any atom is -0.460 e. The van der Waals surface area contributed by atoms with Crippen molar-refractivity contribution in [2.24, 2.45) is 52.3 Å². The fraction of sp³-hybridized carbons (Fsp3) is 0.900. The van der Waals surface area contributed by atoms with Crippen LogP contribution in [-0.2, 0) is 28.9 Å². The first kappa shape index (κ1) is 29.5. The summed E-state index contributed by atoms with van der Waals surface area (Å²) in [5, 5.41) is 11.0. The van der Waals surface area contributed by atoms with E-state index in [-0.39, 0.29) is 17.3 Å². The molecule has 0 radical (unpaired) electrons. The second-order valence-electron chi connectivity index (χ2n) is 14.2. The van der Waals surface area contributed by atoms with Gasteiger partial charge < -0.3 is 14.6 Å². The zero-order chi connectivity index (χ0) is 28.7. The Morgan fingerprint density at radius 3 is 2.36 bits per heavy atom. The highest BCUT2D eigenvalue weighted by molar-refractivity contribution is 7.80. The lowest BCUT2D eigenvalue weighted by molar-refractivity contribution is -0.189. The number of ether oxygens (including phenoxy) is 2. The number of esters is 1. The van der Waals surface area contributed by atoms with Gasteiger partial charge in [0, 0.05) is 6.92 Å². The third-order valence-electron chi connectivity index (χ3n) is 12.0. The molecule has 5 aliphatic rings. The molecule has 1 saturated heterocycles. The Morgan fingerprint density at radius 1 is 1.08 bits per heavy atom. The van der Waals surface area contributed by atoms with Crippen molar-refractivity contribution in [2.75, 3.05) is 0 Å². The summed E-state index contributed by atoms with van der Waals surface area (Å²) in [4.78, 5) is 11.9. The molecule has 4 fully saturated rings. The van der Waals surface area contributed by atoms with Crippen LogP contribution in [0, 0.1) is 52.3 Å². The molecule has 3 saturated carbocycles. The predicted molar refractivity (Wildman–Crippen MR) is 146 cm³/mol. The van der Waals surface area contributed by atoms with Crippen molar-refractivity contribution in [1.29, 1.82) is 0 Å². The molecule has 1 aliphatic heterocycles. The molecule has 4 aliphatic carbocycles. The smallest absolute Gasteiger partial charge is 0.397 e. The maximum atomic E-state index is 11.9. The van der Waals surface area contributed by atoms with Crippen molar-refractivity contribution >= 4 is 16.4 Å². The van der Waals surface area contributed by atoms with Gasteiger partial charge in [-0.25, -0.2) is 4.18 Å². The number of hydrogen-bond acceptors (Lipinski definition) is 7. The summed E-state index contributed by atoms with van der Waals surface area (Å²) >= 11 is 0. The Labute approximate surface area is 234 Å². The lowest BCUT2D eigenvalue weighted by atomic mass is 9.47. The van der Waals surface area contributed by atoms with Crippen molar-refractivity contribution in [3.63, 3.8) is 0 Å². The van der Waals surface area contributed by atoms with Gasteiger partial charge in [-0.05, 0) is 90.8 Å². The van der Waals surface area contributed by atoms with Crippen molar-refractivity contribution < 1.29 is 36.5 Å². The van der Waals surface area contributed by atoms with Gasteiger partial charge in [0.1, 0.15) is 18.3 Å². The van der Waals surface area contributed by atoms with E-state index in [1.54, 1.807) is 0 Å². The average molecular weight is 569 g/mol. The quantitative estimate of drug-likeness (QED) is 0.191. The van der Waals surface area contributed by atoms with E-state index in [4.69, 9.17) is 13.7 Å². The number of allylic oxidation sites excluding steroid dienone is 2. The third kappa shape index (κ3) is 5.02. The Balaban J connectivity index is 1.41. The molecule has 8 nitrogen and oxygen atoms in total. The topological polar surface area (TPSA) is 123 Å². The molecule has 5 rings (SSSR count). The lowest BCUT2D eigenvalue weighted by Crippen LogP contribution is -2.61. The maximum Gasteiger partial charge on any atom is 0.397 e. The summed E-state index contributed by atoms with van der Waals surface area (Å²) in [5.74, 6) is 2.01. The summed E-state index contributed by atoms with van der Waals surface area (Å²) in [6, 6.07) is 0. The van der Waals surface area contributed by atoms with Crippen molar-refractivity contribution in [1.82, 2.24) is 0 Å². The molecule has 9 heteroatoms. The monoisotopic (exact) mass is 568 g/mol. The van der Waals surface area contributed by atoms with Crippen LogP contribution in [0.15, 0.2) is 11.6 Å². The fourth-order valence-corrected chi connectivity index (χ4v) is 10.2. The Hall–Kier alpha value is -1.00. The number of aliphatic hydroxyl groups is 1. The maximum absolute atomic E-state index is 11.9. The SMILES string of the molecule is CC(=O)O[C@@H]1C[C@]2(C)C3CC[C@@]4(C)C(CC[C@@H]4C(C)[C@@H]4O[C@@H]4[C@H](C)C(C)C)C3=CCC2[C@H](OS(=O)(=O)O)[C@H]1O. The molecule has 222 valence electrons. The minimum atomic E-state index is -4.81. The van der Waals surface area contributed by atoms with E-state index in [0.29, 0.717) is 54.6 Å². The van der Waals surface area contributed by atoms with Gasteiger partial charge in [0.15, 0.2) is 0 Å². The number of carbonyl (C=O) groups excluding carboxylic acids is 1. The van der Waals surface area contributed by atoms with Crippen LogP contribution in [0.5, 0.6) is 0 Å². The Bertz CT molecular complexity index is 1100. The molecule has 0 aromatic rings. The molecule has 0 aromatic carbocycles. The van der Waals surface area contributed by atoms with E-state index < -0.39 is 40.1 Å². The van der Waals surface area contributed by atoms with E-state index in [1.807, 2.05) is 0 Å². The largest absolute Gasteiger partial charge is 0.460 e. The molecule has 39 heavy (non-hydrogen) atoms. The van der Waals surface area contributed by atoms with E-state index in [0.717, 1.165) is 19.3 Å². The van der Waals surface area contributed by atoms with Gasteiger partial charge in [-0.2, -0.15) is 8.42 Å². The number of aliphatic hydroxyl groups excluding tert-OH is 1. The number of epoxide rings is 1. The molecule has 0 aromatic heterocycles. The van der Waals surface area contributed by atoms with E-state index in [2.05, 4.69) is 47.6 Å². The number of rotatable bonds is 7. The average Bonchev–Trinajstić information content (AvgIpc) is 3.54. The Kier molecular flexibility index (Phi) is 7.62. The molecule has 0 bridgehead atoms. The van der Waals surface area contributed by atoms with Crippen molar-refractivity contribution in [2.45, 2.75) is 118 Å². The van der Waals surface area contributed by atoms with Crippen LogP contribution >= 0.6 is 0 Å². The van der Waals surface area contributed by atoms with Gasteiger partial charge in [-0.15, -0.1) is 0 Å². The first-order chi connectivity index (χ1) is 18.1. The van der Waals surface area contributed by atoms with E-state index in [1.165, 1.54) is 18.9 Å². The van der Waals surface area contributed by atoms with Crippen molar-refractivity contribution in [3.8, 4) is 0 Å². The number of hydrogen-bond donors (Lipinski definition) is 2. The first-order valence-corrected chi connectivity index (χ1v) is 16.3. The molecule has 13 atom stereocenters. The van der Waals surface area contributed by atoms with E-state index in [9.17, 15) is 22.9 Å². The van der Waals surface area contributed by atoms with Crippen LogP contribution in [0.2, 0.25) is 0 Å². The summed E-state index contributed by atoms with van der Waals surface area (Å²) in [6.45, 7) is 15.1. The zero-order valence-electron chi connectivity index (χ0n) is 24.5. The number of carbonyl (C=O) groups is 1. The third-order valence-corrected chi connectivity index (χ3v) is 12.5. The molecule has 2 N–H and O–H groups in total. The van der Waals surface area contributed by atoms with Gasteiger partial charge in [-0.1, -0.05) is 53.2 Å². The normalized spacial score (nSPS) is 46.9. The fourth-order valence-electron chi connectivity index (χ4n) is 9.67. The molecule has 0 spiro atoms. The zero-order valence-corrected chi connectivity index (χ0v) is 25.3. The number of fused-ring (bicyclic) bond motifs is 5. The van der Waals surface area contributed by atoms with Gasteiger partial charge in [0.05, 0.1) is 12.2 Å². The molecular weight excluding hydrogens is 520 g/mol. The van der Waals surface area contributed by atoms with E-state index >= 15 is 0 Å². The van der Waals surface area contributed by atoms with Crippen LogP contribution in [-0.4, -0.2) is 54.6 Å². The standard InChI is InChI=1S/C30H48O8S/c1-15(2)16(3)26-27(37-26)17(4)20-10-11-21-19-8-9-23-28(38-39(33,34)35)25(32)24(36-18(5)31)14-30(23,7)22(19)12-13-29(20,21)6/h8,15-17,20-28,32H,9-14H2,1-7H3,(H,33,34,35)/t16-,17?,20-,21?,22?,23?,24-,25+,26-,27+,28+,29-,30-/m1/s1. The van der Waals surface area contributed by atoms with Crippen molar-refractivity contribution in [3.05, 3.63) is 11.6 Å². The molecule has 0 amide bonds. The van der Waals surface area contributed by atoms with Gasteiger partial charge in [0.25, 0.3) is 0 Å². The first-order valence-electron chi connectivity index (χ1n) is 14.9. The van der Waals surface area contributed by atoms with Crippen LogP contribution in [0.4, 0.5) is 0 Å². The van der Waals surface area contributed by atoms with Crippen LogP contribution in [0.1, 0.15) is 87.0 Å². The summed E-state index contributed by atoms with van der Waals surface area (Å²) < 4.78 is 50.0. The summed E-state index contributed by atoms with van der Waals surface area (Å²) in [6.07, 6.45) is 4.88. The minimum absolute atomic E-state index is 0.173. The summed E-state index contributed by atoms with van der Waals surface area (Å²) in [5.41, 5.74) is 1.18. The van der Waals surface area contributed by atoms with Crippen LogP contribution in [0.3, 0.4) is 0 Å². The second-order valence-corrected chi connectivity index (χ2v) is 15.3. The van der Waals surface area contributed by atoms with Gasteiger partial charge in [0.2, 0.25) is 0 Å². The van der Waals surface area contributed by atoms with Gasteiger partial charge in [-0.3, -0.25) is 9.35 Å². The Morgan fingerprint density at radius 2 is 1.74 bits per heavy atom. The van der Waals surface area contributed by atoms with Crippen LogP contribution in [0.25, 0.3) is 0 Å². The summed E-state index contributed by atoms with van der Waals surface area (Å²) in [7, 11) is -4.81. The molecular formula is C30H48O8S. The highest BCUT2D eigenvalue weighted by Crippen LogP contribution is 2.68.